The summed E-state index contributed by atoms with van der Waals surface area (Å²) >= 11 is 0. The highest BCUT2D eigenvalue weighted by molar-refractivity contribution is 5.56. The molecule has 114 valence electrons. The number of anilines is 1. The lowest BCUT2D eigenvalue weighted by atomic mass is 10.1. The normalized spacial score (nSPS) is 12.0. The van der Waals surface area contributed by atoms with Crippen molar-refractivity contribution in [1.82, 2.24) is 5.32 Å². The van der Waals surface area contributed by atoms with E-state index in [1.54, 1.807) is 24.1 Å². The van der Waals surface area contributed by atoms with Crippen LogP contribution in [0.3, 0.4) is 0 Å². The lowest BCUT2D eigenvalue weighted by Gasteiger charge is -2.28. The molecule has 0 atom stereocenters. The molecular formula is C15H23F3N2. The van der Waals surface area contributed by atoms with Crippen molar-refractivity contribution in [1.29, 1.82) is 0 Å². The molecule has 0 heterocycles. The minimum atomic E-state index is -4.33. The Balaban J connectivity index is 3.23. The molecule has 5 heteroatoms. The van der Waals surface area contributed by atoms with Crippen molar-refractivity contribution in [2.24, 2.45) is 5.92 Å². The van der Waals surface area contributed by atoms with Gasteiger partial charge >= 0.3 is 6.18 Å². The van der Waals surface area contributed by atoms with Gasteiger partial charge in [-0.05, 0) is 37.6 Å². The summed E-state index contributed by atoms with van der Waals surface area (Å²) in [6.07, 6.45) is -4.33. The number of nitrogens with zero attached hydrogens (tertiary/aromatic N) is 1. The van der Waals surface area contributed by atoms with Gasteiger partial charge in [0, 0.05) is 25.3 Å². The van der Waals surface area contributed by atoms with Crippen LogP contribution in [-0.2, 0) is 12.7 Å². The Hall–Kier alpha value is -1.23. The van der Waals surface area contributed by atoms with E-state index in [9.17, 15) is 13.2 Å². The van der Waals surface area contributed by atoms with Crippen molar-refractivity contribution in [2.75, 3.05) is 25.0 Å². The van der Waals surface area contributed by atoms with Crippen LogP contribution in [0.5, 0.6) is 0 Å². The Morgan fingerprint density at radius 2 is 1.90 bits per heavy atom. The molecule has 1 aromatic rings. The minimum absolute atomic E-state index is 0.272. The first-order valence-corrected chi connectivity index (χ1v) is 6.89. The Morgan fingerprint density at radius 3 is 2.35 bits per heavy atom. The molecule has 0 aromatic heterocycles. The van der Waals surface area contributed by atoms with Gasteiger partial charge in [0.1, 0.15) is 0 Å². The van der Waals surface area contributed by atoms with E-state index >= 15 is 0 Å². The summed E-state index contributed by atoms with van der Waals surface area (Å²) < 4.78 is 39.8. The molecule has 0 aliphatic carbocycles. The van der Waals surface area contributed by atoms with Crippen molar-refractivity contribution in [2.45, 2.75) is 33.5 Å². The minimum Gasteiger partial charge on any atom is -0.371 e. The molecule has 1 aromatic carbocycles. The van der Waals surface area contributed by atoms with Crippen LogP contribution in [0.25, 0.3) is 0 Å². The Labute approximate surface area is 119 Å². The zero-order chi connectivity index (χ0) is 15.3. The largest absolute Gasteiger partial charge is 0.418 e. The van der Waals surface area contributed by atoms with Gasteiger partial charge in [0.05, 0.1) is 5.56 Å². The second-order valence-electron chi connectivity index (χ2n) is 5.31. The van der Waals surface area contributed by atoms with Crippen LogP contribution >= 0.6 is 0 Å². The van der Waals surface area contributed by atoms with Crippen molar-refractivity contribution >= 4 is 5.69 Å². The summed E-state index contributed by atoms with van der Waals surface area (Å²) in [5.41, 5.74) is 0.366. The maximum atomic E-state index is 13.3. The van der Waals surface area contributed by atoms with E-state index in [1.165, 1.54) is 6.07 Å². The van der Waals surface area contributed by atoms with Gasteiger partial charge in [0.2, 0.25) is 0 Å². The van der Waals surface area contributed by atoms with Gasteiger partial charge in [-0.3, -0.25) is 0 Å². The fraction of sp³-hybridized carbons (Fsp3) is 0.600. The monoisotopic (exact) mass is 288 g/mol. The molecule has 1 rings (SSSR count). The van der Waals surface area contributed by atoms with E-state index in [-0.39, 0.29) is 5.69 Å². The standard InChI is InChI=1S/C15H23F3N2/c1-5-20(10-11(2)3)14-7-6-12(9-19-4)8-13(14)15(16,17)18/h6-8,11,19H,5,9-10H2,1-4H3. The Morgan fingerprint density at radius 1 is 1.25 bits per heavy atom. The molecule has 2 nitrogen and oxygen atoms in total. The summed E-state index contributed by atoms with van der Waals surface area (Å²) in [6, 6.07) is 4.58. The van der Waals surface area contributed by atoms with Gasteiger partial charge in [-0.2, -0.15) is 13.2 Å². The molecule has 0 saturated heterocycles. The average Bonchev–Trinajstić information content (AvgIpc) is 2.35. The predicted molar refractivity (Wildman–Crippen MR) is 76.9 cm³/mol. The molecule has 0 amide bonds. The molecule has 1 N–H and O–H groups in total. The smallest absolute Gasteiger partial charge is 0.371 e. The average molecular weight is 288 g/mol. The van der Waals surface area contributed by atoms with Crippen LogP contribution in [0, 0.1) is 5.92 Å². The number of hydrogen-bond donors (Lipinski definition) is 1. The first-order valence-electron chi connectivity index (χ1n) is 6.89. The lowest BCUT2D eigenvalue weighted by Crippen LogP contribution is -2.29. The molecule has 0 fully saturated rings. The van der Waals surface area contributed by atoms with Crippen LogP contribution in [0.15, 0.2) is 18.2 Å². The van der Waals surface area contributed by atoms with Crippen LogP contribution in [0.4, 0.5) is 18.9 Å². The second-order valence-corrected chi connectivity index (χ2v) is 5.31. The second kappa shape index (κ2) is 6.97. The molecule has 0 spiro atoms. The van der Waals surface area contributed by atoms with E-state index < -0.39 is 11.7 Å². The van der Waals surface area contributed by atoms with Crippen LogP contribution in [0.2, 0.25) is 0 Å². The molecule has 0 saturated carbocycles. The molecular weight excluding hydrogens is 265 g/mol. The molecule has 0 aliphatic rings. The van der Waals surface area contributed by atoms with Gasteiger partial charge in [0.15, 0.2) is 0 Å². The zero-order valence-electron chi connectivity index (χ0n) is 12.5. The predicted octanol–water partition coefficient (Wildman–Crippen LogP) is 3.91. The van der Waals surface area contributed by atoms with Crippen LogP contribution in [0.1, 0.15) is 31.9 Å². The quantitative estimate of drug-likeness (QED) is 0.854. The van der Waals surface area contributed by atoms with E-state index in [4.69, 9.17) is 0 Å². The van der Waals surface area contributed by atoms with Gasteiger partial charge in [0.25, 0.3) is 0 Å². The highest BCUT2D eigenvalue weighted by Gasteiger charge is 2.35. The summed E-state index contributed by atoms with van der Waals surface area (Å²) in [4.78, 5) is 1.79. The third-order valence-electron chi connectivity index (χ3n) is 3.06. The van der Waals surface area contributed by atoms with Crippen LogP contribution in [-0.4, -0.2) is 20.1 Å². The summed E-state index contributed by atoms with van der Waals surface area (Å²) in [6.45, 7) is 7.50. The number of hydrogen-bond acceptors (Lipinski definition) is 2. The molecule has 0 aliphatic heterocycles. The van der Waals surface area contributed by atoms with E-state index in [0.29, 0.717) is 31.1 Å². The fourth-order valence-electron chi connectivity index (χ4n) is 2.24. The third kappa shape index (κ3) is 4.40. The summed E-state index contributed by atoms with van der Waals surface area (Å²) in [7, 11) is 1.72. The molecule has 0 unspecified atom stereocenters. The van der Waals surface area contributed by atoms with E-state index in [0.717, 1.165) is 0 Å². The Bertz CT molecular complexity index is 428. The lowest BCUT2D eigenvalue weighted by molar-refractivity contribution is -0.137. The first-order chi connectivity index (χ1) is 9.29. The van der Waals surface area contributed by atoms with Gasteiger partial charge < -0.3 is 10.2 Å². The van der Waals surface area contributed by atoms with Crippen molar-refractivity contribution in [3.05, 3.63) is 29.3 Å². The first kappa shape index (κ1) is 16.8. The zero-order valence-corrected chi connectivity index (χ0v) is 12.5. The number of nitrogens with one attached hydrogen (secondary N) is 1. The van der Waals surface area contributed by atoms with E-state index in [1.807, 2.05) is 20.8 Å². The van der Waals surface area contributed by atoms with E-state index in [2.05, 4.69) is 5.32 Å². The van der Waals surface area contributed by atoms with Gasteiger partial charge in [-0.25, -0.2) is 0 Å². The maximum absolute atomic E-state index is 13.3. The summed E-state index contributed by atoms with van der Waals surface area (Å²) in [5, 5.41) is 2.88. The third-order valence-corrected chi connectivity index (χ3v) is 3.06. The van der Waals surface area contributed by atoms with Gasteiger partial charge in [-0.1, -0.05) is 19.9 Å². The van der Waals surface area contributed by atoms with Crippen molar-refractivity contribution in [3.63, 3.8) is 0 Å². The highest BCUT2D eigenvalue weighted by Crippen LogP contribution is 2.37. The highest BCUT2D eigenvalue weighted by atomic mass is 19.4. The van der Waals surface area contributed by atoms with Crippen molar-refractivity contribution in [3.8, 4) is 0 Å². The topological polar surface area (TPSA) is 15.3 Å². The number of benzene rings is 1. The fourth-order valence-corrected chi connectivity index (χ4v) is 2.24. The van der Waals surface area contributed by atoms with Crippen molar-refractivity contribution < 1.29 is 13.2 Å². The summed E-state index contributed by atoms with van der Waals surface area (Å²) in [5.74, 6) is 0.313. The number of rotatable bonds is 6. The maximum Gasteiger partial charge on any atom is 0.418 e. The number of alkyl halides is 3. The number of halogens is 3. The van der Waals surface area contributed by atoms with Gasteiger partial charge in [-0.15, -0.1) is 0 Å². The Kier molecular flexibility index (Phi) is 5.87. The molecule has 0 bridgehead atoms. The molecule has 0 radical (unpaired) electrons. The molecule has 20 heavy (non-hydrogen) atoms. The van der Waals surface area contributed by atoms with Crippen LogP contribution < -0.4 is 10.2 Å². The SMILES string of the molecule is CCN(CC(C)C)c1ccc(CNC)cc1C(F)(F)F.